The SMILES string of the molecule is C=C(F)CCC(CC)CNC1N=C(NC2CNCCN2)C[C@H](N2CC(O)(C(F)(F)F)C2)N1. The van der Waals surface area contributed by atoms with Gasteiger partial charge in [-0.15, -0.1) is 0 Å². The Morgan fingerprint density at radius 3 is 2.72 bits per heavy atom. The predicted molar refractivity (Wildman–Crippen MR) is 114 cm³/mol. The van der Waals surface area contributed by atoms with Crippen LogP contribution in [0.25, 0.3) is 0 Å². The van der Waals surface area contributed by atoms with Crippen LogP contribution in [0.1, 0.15) is 32.6 Å². The van der Waals surface area contributed by atoms with Gasteiger partial charge >= 0.3 is 6.18 Å². The van der Waals surface area contributed by atoms with E-state index in [2.05, 4.69) is 38.2 Å². The summed E-state index contributed by atoms with van der Waals surface area (Å²) in [5.41, 5.74) is -2.67. The van der Waals surface area contributed by atoms with Crippen molar-refractivity contribution in [1.29, 1.82) is 0 Å². The highest BCUT2D eigenvalue weighted by atomic mass is 19.4. The van der Waals surface area contributed by atoms with Gasteiger partial charge < -0.3 is 15.7 Å². The number of aliphatic imine (C=N–C) groups is 1. The summed E-state index contributed by atoms with van der Waals surface area (Å²) in [6.07, 6.45) is -3.38. The number of nitrogens with one attached hydrogen (secondary N) is 5. The van der Waals surface area contributed by atoms with Crippen molar-refractivity contribution in [2.75, 3.05) is 39.3 Å². The maximum Gasteiger partial charge on any atom is 0.419 e. The van der Waals surface area contributed by atoms with Gasteiger partial charge in [-0.1, -0.05) is 19.9 Å². The van der Waals surface area contributed by atoms with Gasteiger partial charge in [0.2, 0.25) is 0 Å². The zero-order valence-electron chi connectivity index (χ0n) is 18.4. The van der Waals surface area contributed by atoms with Gasteiger partial charge in [0.15, 0.2) is 11.9 Å². The first-order valence-electron chi connectivity index (χ1n) is 11.2. The maximum atomic E-state index is 13.1. The summed E-state index contributed by atoms with van der Waals surface area (Å²) in [5.74, 6) is 0.562. The number of β-amino-alcohol motifs (C(OH)–C–C–N with tert-alkyl or cyclic N) is 1. The number of hydrogen-bond acceptors (Lipinski definition) is 8. The molecule has 0 aromatic carbocycles. The van der Waals surface area contributed by atoms with E-state index in [0.717, 1.165) is 19.5 Å². The number of halogens is 4. The summed E-state index contributed by atoms with van der Waals surface area (Å²) in [5, 5.41) is 26.3. The average Bonchev–Trinajstić information content (AvgIpc) is 2.71. The fourth-order valence-corrected chi connectivity index (χ4v) is 4.18. The molecular weight excluding hydrogens is 430 g/mol. The lowest BCUT2D eigenvalue weighted by atomic mass is 9.92. The number of allylic oxidation sites excluding steroid dienone is 1. The fourth-order valence-electron chi connectivity index (χ4n) is 4.18. The molecule has 2 saturated heterocycles. The second-order valence-corrected chi connectivity index (χ2v) is 8.89. The Hall–Kier alpha value is -1.31. The third-order valence-corrected chi connectivity index (χ3v) is 6.30. The van der Waals surface area contributed by atoms with Crippen molar-refractivity contribution in [3.63, 3.8) is 0 Å². The number of rotatable bonds is 9. The Morgan fingerprint density at radius 2 is 2.12 bits per heavy atom. The number of hydrogen-bond donors (Lipinski definition) is 6. The monoisotopic (exact) mass is 465 g/mol. The van der Waals surface area contributed by atoms with Crippen LogP contribution in [0.5, 0.6) is 0 Å². The van der Waals surface area contributed by atoms with Crippen molar-refractivity contribution in [3.8, 4) is 0 Å². The van der Waals surface area contributed by atoms with Gasteiger partial charge in [0.25, 0.3) is 0 Å². The second-order valence-electron chi connectivity index (χ2n) is 8.89. The van der Waals surface area contributed by atoms with E-state index in [1.165, 1.54) is 0 Å². The first-order valence-corrected chi connectivity index (χ1v) is 11.2. The van der Waals surface area contributed by atoms with E-state index in [1.54, 1.807) is 4.90 Å². The van der Waals surface area contributed by atoms with Gasteiger partial charge in [-0.25, -0.2) is 9.38 Å². The molecule has 0 aliphatic carbocycles. The molecule has 4 atom stereocenters. The molecule has 0 aromatic heterocycles. The minimum atomic E-state index is -4.66. The van der Waals surface area contributed by atoms with Gasteiger partial charge in [-0.05, 0) is 18.8 Å². The van der Waals surface area contributed by atoms with E-state index in [4.69, 9.17) is 0 Å². The Morgan fingerprint density at radius 1 is 1.38 bits per heavy atom. The number of aliphatic hydroxyl groups is 1. The van der Waals surface area contributed by atoms with Crippen LogP contribution < -0.4 is 26.6 Å². The van der Waals surface area contributed by atoms with Gasteiger partial charge in [-0.2, -0.15) is 13.2 Å². The summed E-state index contributed by atoms with van der Waals surface area (Å²) >= 11 is 0. The normalized spacial score (nSPS) is 29.7. The molecule has 0 amide bonds. The lowest BCUT2D eigenvalue weighted by Crippen LogP contribution is -2.74. The van der Waals surface area contributed by atoms with Crippen molar-refractivity contribution in [2.45, 2.75) is 63.0 Å². The number of likely N-dealkylation sites (tertiary alicyclic amines) is 1. The standard InChI is InChI=1S/C20H35F4N7O/c1-3-14(5-4-13(2)21)9-27-18-29-15(28-16-10-25-6-7-26-16)8-17(30-18)31-11-19(32,12-31)20(22,23)24/h14,16-18,25-27,30,32H,2-12H2,1H3,(H,28,29)/t14?,16?,17-,18?/m0/s1. The lowest BCUT2D eigenvalue weighted by molar-refractivity contribution is -0.307. The summed E-state index contributed by atoms with van der Waals surface area (Å²) in [6, 6.07) is 0. The smallest absolute Gasteiger partial charge is 0.378 e. The molecule has 6 N–H and O–H groups in total. The fraction of sp³-hybridized carbons (Fsp3) is 0.850. The molecule has 184 valence electrons. The summed E-state index contributed by atoms with van der Waals surface area (Å²) in [7, 11) is 0. The summed E-state index contributed by atoms with van der Waals surface area (Å²) < 4.78 is 52.2. The molecule has 0 spiro atoms. The highest BCUT2D eigenvalue weighted by molar-refractivity contribution is 5.83. The van der Waals surface area contributed by atoms with Crippen molar-refractivity contribution >= 4 is 5.84 Å². The quantitative estimate of drug-likeness (QED) is 0.278. The second kappa shape index (κ2) is 10.7. The van der Waals surface area contributed by atoms with Crippen molar-refractivity contribution in [3.05, 3.63) is 12.4 Å². The van der Waals surface area contributed by atoms with Crippen LogP contribution in [0.2, 0.25) is 0 Å². The third-order valence-electron chi connectivity index (χ3n) is 6.30. The molecule has 0 radical (unpaired) electrons. The molecule has 3 aliphatic rings. The molecule has 12 heteroatoms. The van der Waals surface area contributed by atoms with E-state index in [1.807, 2.05) is 6.92 Å². The molecule has 3 unspecified atom stereocenters. The zero-order valence-corrected chi connectivity index (χ0v) is 18.4. The molecule has 0 bridgehead atoms. The largest absolute Gasteiger partial charge is 0.419 e. The van der Waals surface area contributed by atoms with Crippen LogP contribution in [0.4, 0.5) is 17.6 Å². The first-order chi connectivity index (χ1) is 15.1. The number of nitrogens with zero attached hydrogens (tertiary/aromatic N) is 2. The number of alkyl halides is 3. The topological polar surface area (TPSA) is 96.0 Å². The van der Waals surface area contributed by atoms with Gasteiger partial charge in [0.1, 0.15) is 5.84 Å². The van der Waals surface area contributed by atoms with Crippen molar-refractivity contribution < 1.29 is 22.7 Å². The maximum absolute atomic E-state index is 13.1. The highest BCUT2D eigenvalue weighted by Gasteiger charge is 2.62. The lowest BCUT2D eigenvalue weighted by Gasteiger charge is -2.51. The Labute approximate surface area is 186 Å². The molecule has 8 nitrogen and oxygen atoms in total. The zero-order chi connectivity index (χ0) is 23.4. The molecule has 0 saturated carbocycles. The van der Waals surface area contributed by atoms with Crippen molar-refractivity contribution in [2.24, 2.45) is 10.9 Å². The Balaban J connectivity index is 1.61. The van der Waals surface area contributed by atoms with Gasteiger partial charge in [0.05, 0.1) is 18.2 Å². The minimum Gasteiger partial charge on any atom is -0.378 e. The molecule has 32 heavy (non-hydrogen) atoms. The van der Waals surface area contributed by atoms with Crippen molar-refractivity contribution in [1.82, 2.24) is 31.5 Å². The predicted octanol–water partition coefficient (Wildman–Crippen LogP) is 0.585. The van der Waals surface area contributed by atoms with Crippen LogP contribution in [0.15, 0.2) is 17.4 Å². The summed E-state index contributed by atoms with van der Waals surface area (Å²) in [4.78, 5) is 6.24. The van der Waals surface area contributed by atoms with E-state index in [0.29, 0.717) is 38.2 Å². The first kappa shape index (κ1) is 25.3. The highest BCUT2D eigenvalue weighted by Crippen LogP contribution is 2.38. The van der Waals surface area contributed by atoms with Gasteiger partial charge in [-0.3, -0.25) is 20.9 Å². The van der Waals surface area contributed by atoms with Crippen LogP contribution in [-0.2, 0) is 0 Å². The van der Waals surface area contributed by atoms with Crippen LogP contribution >= 0.6 is 0 Å². The Kier molecular flexibility index (Phi) is 8.50. The van der Waals surface area contributed by atoms with E-state index < -0.39 is 37.3 Å². The number of piperazine rings is 1. The molecule has 2 fully saturated rings. The van der Waals surface area contributed by atoms with Crippen LogP contribution in [-0.4, -0.2) is 85.5 Å². The average molecular weight is 466 g/mol. The molecule has 3 heterocycles. The van der Waals surface area contributed by atoms with Gasteiger partial charge in [0, 0.05) is 45.7 Å². The van der Waals surface area contributed by atoms with Crippen LogP contribution in [0.3, 0.4) is 0 Å². The summed E-state index contributed by atoms with van der Waals surface area (Å²) in [6.45, 7) is 7.34. The number of amidine groups is 1. The van der Waals surface area contributed by atoms with E-state index in [-0.39, 0.29) is 17.9 Å². The molecular formula is C20H35F4N7O. The van der Waals surface area contributed by atoms with E-state index in [9.17, 15) is 22.7 Å². The Bertz CT molecular complexity index is 663. The van der Waals surface area contributed by atoms with E-state index >= 15 is 0 Å². The molecule has 3 rings (SSSR count). The third kappa shape index (κ3) is 6.61. The van der Waals surface area contributed by atoms with Crippen LogP contribution in [0, 0.1) is 5.92 Å². The molecule has 0 aromatic rings. The molecule has 3 aliphatic heterocycles. The minimum absolute atomic E-state index is 0.0237.